The summed E-state index contributed by atoms with van der Waals surface area (Å²) in [5.74, 6) is -0.778. The fourth-order valence-electron chi connectivity index (χ4n) is 2.97. The molecule has 0 unspecified atom stereocenters. The highest BCUT2D eigenvalue weighted by molar-refractivity contribution is 6.11. The molecule has 5 nitrogen and oxygen atoms in total. The van der Waals surface area contributed by atoms with Crippen molar-refractivity contribution in [1.29, 1.82) is 0 Å². The van der Waals surface area contributed by atoms with Crippen molar-refractivity contribution in [1.82, 2.24) is 0 Å². The minimum Gasteiger partial charge on any atom is -0.464 e. The number of nitrogens with zero attached hydrogens (tertiary/aromatic N) is 1. The molecular formula is C19H19NO4. The Kier molecular flexibility index (Phi) is 4.25. The third-order valence-electron chi connectivity index (χ3n) is 4.26. The summed E-state index contributed by atoms with van der Waals surface area (Å²) in [6.07, 6.45) is 0.177. The van der Waals surface area contributed by atoms with E-state index in [1.54, 1.807) is 31.0 Å². The fourth-order valence-corrected chi connectivity index (χ4v) is 2.97. The lowest BCUT2D eigenvalue weighted by Crippen LogP contribution is -2.64. The molecule has 0 saturated heterocycles. The molecule has 0 aromatic heterocycles. The van der Waals surface area contributed by atoms with Gasteiger partial charge >= 0.3 is 11.9 Å². The summed E-state index contributed by atoms with van der Waals surface area (Å²) in [6, 6.07) is 16.5. The number of esters is 2. The molecule has 1 heterocycles. The first-order valence-corrected chi connectivity index (χ1v) is 7.86. The van der Waals surface area contributed by atoms with Gasteiger partial charge in [-0.15, -0.1) is 0 Å². The number of fused-ring (bicyclic) bond motifs is 1. The Morgan fingerprint density at radius 2 is 1.79 bits per heavy atom. The van der Waals surface area contributed by atoms with Crippen LogP contribution in [0.5, 0.6) is 5.75 Å². The second-order valence-corrected chi connectivity index (χ2v) is 5.66. The standard InChI is InChI=1S/C19H19NO4/c1-3-23-17(21)19(13-14-9-5-4-6-10-14)18(22)24-16-12-8-7-11-15(16)20(19)2/h4-12H,3,13H2,1-2H3/t19-/m1/s1. The Morgan fingerprint density at radius 3 is 2.50 bits per heavy atom. The first kappa shape index (κ1) is 16.1. The third kappa shape index (κ3) is 2.52. The van der Waals surface area contributed by atoms with Crippen molar-refractivity contribution in [3.8, 4) is 5.75 Å². The number of likely N-dealkylation sites (N-methyl/N-ethyl adjacent to an activating group) is 1. The van der Waals surface area contributed by atoms with Gasteiger partial charge in [0.15, 0.2) is 5.75 Å². The number of carbonyl (C=O) groups excluding carboxylic acids is 2. The molecule has 1 aliphatic heterocycles. The maximum absolute atomic E-state index is 12.8. The first-order chi connectivity index (χ1) is 11.6. The molecule has 24 heavy (non-hydrogen) atoms. The van der Waals surface area contributed by atoms with Crippen molar-refractivity contribution < 1.29 is 19.1 Å². The van der Waals surface area contributed by atoms with Crippen molar-refractivity contribution in [2.45, 2.75) is 18.9 Å². The predicted molar refractivity (Wildman–Crippen MR) is 90.0 cm³/mol. The highest BCUT2D eigenvalue weighted by atomic mass is 16.6. The van der Waals surface area contributed by atoms with Crippen LogP contribution in [0, 0.1) is 0 Å². The van der Waals surface area contributed by atoms with Gasteiger partial charge in [0, 0.05) is 13.5 Å². The van der Waals surface area contributed by atoms with Crippen LogP contribution in [0.25, 0.3) is 0 Å². The van der Waals surface area contributed by atoms with Crippen LogP contribution in [-0.2, 0) is 20.7 Å². The van der Waals surface area contributed by atoms with Gasteiger partial charge < -0.3 is 14.4 Å². The fraction of sp³-hybridized carbons (Fsp3) is 0.263. The molecule has 1 aliphatic rings. The van der Waals surface area contributed by atoms with E-state index in [2.05, 4.69) is 0 Å². The lowest BCUT2D eigenvalue weighted by atomic mass is 9.87. The molecule has 5 heteroatoms. The van der Waals surface area contributed by atoms with Gasteiger partial charge in [-0.05, 0) is 24.6 Å². The van der Waals surface area contributed by atoms with Crippen LogP contribution in [0.2, 0.25) is 0 Å². The molecular weight excluding hydrogens is 306 g/mol. The van der Waals surface area contributed by atoms with Crippen molar-refractivity contribution in [3.05, 3.63) is 60.2 Å². The van der Waals surface area contributed by atoms with Crippen LogP contribution in [0.4, 0.5) is 5.69 Å². The summed E-state index contributed by atoms with van der Waals surface area (Å²) >= 11 is 0. The van der Waals surface area contributed by atoms with Crippen LogP contribution in [-0.4, -0.2) is 31.1 Å². The Hall–Kier alpha value is -2.82. The summed E-state index contributed by atoms with van der Waals surface area (Å²) in [5.41, 5.74) is 0.000873. The molecule has 0 aliphatic carbocycles. The van der Waals surface area contributed by atoms with E-state index in [1.807, 2.05) is 42.5 Å². The molecule has 2 aromatic rings. The topological polar surface area (TPSA) is 55.8 Å². The summed E-state index contributed by atoms with van der Waals surface area (Å²) in [7, 11) is 1.72. The minimum absolute atomic E-state index is 0.177. The molecule has 0 fully saturated rings. The SMILES string of the molecule is CCOC(=O)[C@]1(Cc2ccccc2)C(=O)Oc2ccccc2N1C. The maximum Gasteiger partial charge on any atom is 0.349 e. The quantitative estimate of drug-likeness (QED) is 0.491. The number of anilines is 1. The number of ether oxygens (including phenoxy) is 2. The van der Waals surface area contributed by atoms with E-state index < -0.39 is 17.5 Å². The summed E-state index contributed by atoms with van der Waals surface area (Å²) in [4.78, 5) is 27.3. The third-order valence-corrected chi connectivity index (χ3v) is 4.26. The Bertz CT molecular complexity index is 759. The largest absolute Gasteiger partial charge is 0.464 e. The lowest BCUT2D eigenvalue weighted by Gasteiger charge is -2.42. The van der Waals surface area contributed by atoms with E-state index in [0.29, 0.717) is 11.4 Å². The van der Waals surface area contributed by atoms with Gasteiger partial charge in [0.05, 0.1) is 12.3 Å². The molecule has 0 radical (unpaired) electrons. The van der Waals surface area contributed by atoms with E-state index in [1.165, 1.54) is 0 Å². The number of rotatable bonds is 4. The zero-order valence-corrected chi connectivity index (χ0v) is 13.7. The summed E-state index contributed by atoms with van der Waals surface area (Å²) in [6.45, 7) is 1.91. The zero-order valence-electron chi connectivity index (χ0n) is 13.7. The van der Waals surface area contributed by atoms with Gasteiger partial charge in [-0.1, -0.05) is 42.5 Å². The van der Waals surface area contributed by atoms with Crippen molar-refractivity contribution in [3.63, 3.8) is 0 Å². The monoisotopic (exact) mass is 325 g/mol. The van der Waals surface area contributed by atoms with Crippen molar-refractivity contribution >= 4 is 17.6 Å². The number of carbonyl (C=O) groups is 2. The normalized spacial score (nSPS) is 19.4. The summed E-state index contributed by atoms with van der Waals surface area (Å²) < 4.78 is 10.7. The Labute approximate surface area is 140 Å². The van der Waals surface area contributed by atoms with Crippen molar-refractivity contribution in [2.24, 2.45) is 0 Å². The molecule has 0 amide bonds. The number of hydrogen-bond acceptors (Lipinski definition) is 5. The van der Waals surface area contributed by atoms with Crippen LogP contribution in [0.3, 0.4) is 0 Å². The van der Waals surface area contributed by atoms with E-state index in [0.717, 1.165) is 5.56 Å². The average molecular weight is 325 g/mol. The van der Waals surface area contributed by atoms with Gasteiger partial charge in [-0.25, -0.2) is 9.59 Å². The average Bonchev–Trinajstić information content (AvgIpc) is 2.59. The molecule has 0 spiro atoms. The van der Waals surface area contributed by atoms with E-state index in [9.17, 15) is 9.59 Å². The number of benzene rings is 2. The molecule has 0 bridgehead atoms. The second kappa shape index (κ2) is 6.35. The van der Waals surface area contributed by atoms with Crippen LogP contribution in [0.1, 0.15) is 12.5 Å². The predicted octanol–water partition coefficient (Wildman–Crippen LogP) is 2.59. The lowest BCUT2D eigenvalue weighted by molar-refractivity contribution is -0.160. The van der Waals surface area contributed by atoms with Crippen LogP contribution >= 0.6 is 0 Å². The highest BCUT2D eigenvalue weighted by Crippen LogP contribution is 2.39. The molecule has 1 atom stereocenters. The molecule has 0 saturated carbocycles. The number of para-hydroxylation sites is 2. The van der Waals surface area contributed by atoms with E-state index in [-0.39, 0.29) is 13.0 Å². The molecule has 0 N–H and O–H groups in total. The van der Waals surface area contributed by atoms with Crippen LogP contribution < -0.4 is 9.64 Å². The number of hydrogen-bond donors (Lipinski definition) is 0. The molecule has 124 valence electrons. The molecule has 2 aromatic carbocycles. The Balaban J connectivity index is 2.11. The second-order valence-electron chi connectivity index (χ2n) is 5.66. The van der Waals surface area contributed by atoms with Crippen LogP contribution in [0.15, 0.2) is 54.6 Å². The first-order valence-electron chi connectivity index (χ1n) is 7.86. The molecule has 3 rings (SSSR count). The van der Waals surface area contributed by atoms with Gasteiger partial charge in [0.2, 0.25) is 5.54 Å². The van der Waals surface area contributed by atoms with Gasteiger partial charge in [-0.3, -0.25) is 0 Å². The van der Waals surface area contributed by atoms with E-state index >= 15 is 0 Å². The van der Waals surface area contributed by atoms with E-state index in [4.69, 9.17) is 9.47 Å². The van der Waals surface area contributed by atoms with Gasteiger partial charge in [0.25, 0.3) is 0 Å². The van der Waals surface area contributed by atoms with Crippen molar-refractivity contribution in [2.75, 3.05) is 18.6 Å². The van der Waals surface area contributed by atoms with Gasteiger partial charge in [0.1, 0.15) is 0 Å². The minimum atomic E-state index is -1.54. The smallest absolute Gasteiger partial charge is 0.349 e. The zero-order chi connectivity index (χ0) is 17.2. The van der Waals surface area contributed by atoms with Gasteiger partial charge in [-0.2, -0.15) is 0 Å². The Morgan fingerprint density at radius 1 is 1.12 bits per heavy atom. The summed E-state index contributed by atoms with van der Waals surface area (Å²) in [5, 5.41) is 0. The maximum atomic E-state index is 12.8. The highest BCUT2D eigenvalue weighted by Gasteiger charge is 2.56.